The van der Waals surface area contributed by atoms with E-state index >= 15 is 0 Å². The van der Waals surface area contributed by atoms with Crippen LogP contribution >= 0.6 is 0 Å². The molecule has 0 aliphatic carbocycles. The number of para-hydroxylation sites is 1. The van der Waals surface area contributed by atoms with E-state index in [1.165, 1.54) is 0 Å². The van der Waals surface area contributed by atoms with Crippen molar-refractivity contribution in [2.24, 2.45) is 0 Å². The quantitative estimate of drug-likeness (QED) is 0.752. The zero-order valence-electron chi connectivity index (χ0n) is 16.1. The van der Waals surface area contributed by atoms with Gasteiger partial charge in [-0.1, -0.05) is 30.8 Å². The molecule has 27 heavy (non-hydrogen) atoms. The highest BCUT2D eigenvalue weighted by molar-refractivity contribution is 6.02. The Morgan fingerprint density at radius 1 is 1.22 bits per heavy atom. The third-order valence-electron chi connectivity index (χ3n) is 4.72. The van der Waals surface area contributed by atoms with Gasteiger partial charge >= 0.3 is 0 Å². The second-order valence-corrected chi connectivity index (χ2v) is 6.97. The number of hydrogen-bond acceptors (Lipinski definition) is 4. The predicted octanol–water partition coefficient (Wildman–Crippen LogP) is 4.03. The molecule has 0 saturated heterocycles. The van der Waals surface area contributed by atoms with Crippen LogP contribution in [0.3, 0.4) is 0 Å². The molecule has 5 heteroatoms. The number of methoxy groups -OCH3 is 1. The number of fused-ring (bicyclic) bond motifs is 1. The number of benzene rings is 2. The number of carbonyl (C=O) groups excluding carboxylic acids is 1. The van der Waals surface area contributed by atoms with Crippen molar-refractivity contribution in [1.82, 2.24) is 4.90 Å². The minimum absolute atomic E-state index is 0.0165. The summed E-state index contributed by atoms with van der Waals surface area (Å²) < 4.78 is 11.0. The lowest BCUT2D eigenvalue weighted by atomic mass is 9.93. The van der Waals surface area contributed by atoms with Crippen LogP contribution in [0.2, 0.25) is 0 Å². The van der Waals surface area contributed by atoms with Gasteiger partial charge in [0.1, 0.15) is 18.0 Å². The van der Waals surface area contributed by atoms with Gasteiger partial charge in [0, 0.05) is 24.9 Å². The van der Waals surface area contributed by atoms with Crippen molar-refractivity contribution < 1.29 is 14.3 Å². The Kier molecular flexibility index (Phi) is 5.51. The molecule has 0 fully saturated rings. The molecule has 1 unspecified atom stereocenters. The van der Waals surface area contributed by atoms with Crippen LogP contribution in [0, 0.1) is 0 Å². The molecule has 1 aliphatic rings. The second kappa shape index (κ2) is 7.84. The Morgan fingerprint density at radius 3 is 2.74 bits per heavy atom. The third kappa shape index (κ3) is 3.83. The average molecular weight is 366 g/mol. The smallest absolute Gasteiger partial charge is 0.258 e. The lowest BCUT2D eigenvalue weighted by Crippen LogP contribution is -2.56. The highest BCUT2D eigenvalue weighted by Gasteiger charge is 2.42. The largest absolute Gasteiger partial charge is 0.489 e. The monoisotopic (exact) mass is 366 g/mol. The minimum atomic E-state index is -0.716. The van der Waals surface area contributed by atoms with E-state index in [1.807, 2.05) is 67.3 Å². The molecule has 0 aromatic heterocycles. The maximum absolute atomic E-state index is 13.2. The van der Waals surface area contributed by atoms with Crippen molar-refractivity contribution in [3.63, 3.8) is 0 Å². The normalized spacial score (nSPS) is 18.6. The molecule has 1 N–H and O–H groups in total. The third-order valence-corrected chi connectivity index (χ3v) is 4.72. The van der Waals surface area contributed by atoms with Crippen LogP contribution in [0.1, 0.15) is 29.8 Å². The van der Waals surface area contributed by atoms with Crippen LogP contribution in [0.25, 0.3) is 0 Å². The number of nitrogens with zero attached hydrogens (tertiary/aromatic N) is 1. The molecule has 0 bridgehead atoms. The van der Waals surface area contributed by atoms with E-state index in [0.29, 0.717) is 25.3 Å². The van der Waals surface area contributed by atoms with Crippen molar-refractivity contribution in [3.8, 4) is 5.75 Å². The number of hydrogen-bond donors (Lipinski definition) is 1. The maximum Gasteiger partial charge on any atom is 0.258 e. The van der Waals surface area contributed by atoms with Gasteiger partial charge in [-0.15, -0.1) is 0 Å². The van der Waals surface area contributed by atoms with Crippen molar-refractivity contribution in [2.75, 3.05) is 32.2 Å². The molecular weight excluding hydrogens is 340 g/mol. The highest BCUT2D eigenvalue weighted by Crippen LogP contribution is 2.38. The highest BCUT2D eigenvalue weighted by atomic mass is 16.5. The van der Waals surface area contributed by atoms with Crippen LogP contribution in [0.4, 0.5) is 5.69 Å². The molecule has 0 radical (unpaired) electrons. The molecule has 0 spiro atoms. The minimum Gasteiger partial charge on any atom is -0.489 e. The Balaban J connectivity index is 2.01. The lowest BCUT2D eigenvalue weighted by molar-refractivity contribution is 0.0437. The summed E-state index contributed by atoms with van der Waals surface area (Å²) in [6.45, 7) is 9.20. The number of ether oxygens (including phenoxy) is 2. The van der Waals surface area contributed by atoms with Gasteiger partial charge in [-0.2, -0.15) is 0 Å². The summed E-state index contributed by atoms with van der Waals surface area (Å²) in [5.41, 5.74) is 2.67. The summed E-state index contributed by atoms with van der Waals surface area (Å²) in [7, 11) is 1.64. The molecule has 0 saturated carbocycles. The summed E-state index contributed by atoms with van der Waals surface area (Å²) in [4.78, 5) is 15.0. The molecule has 1 heterocycles. The van der Waals surface area contributed by atoms with Gasteiger partial charge in [-0.3, -0.25) is 4.79 Å². The van der Waals surface area contributed by atoms with Crippen LogP contribution in [-0.4, -0.2) is 37.7 Å². The van der Waals surface area contributed by atoms with E-state index in [4.69, 9.17) is 9.47 Å². The van der Waals surface area contributed by atoms with Crippen LogP contribution in [0.15, 0.2) is 60.7 Å². The summed E-state index contributed by atoms with van der Waals surface area (Å²) in [5, 5.41) is 3.55. The molecular formula is C22H26N2O3. The first-order valence-electron chi connectivity index (χ1n) is 9.01. The number of amides is 1. The molecule has 1 aliphatic heterocycles. The zero-order valence-corrected chi connectivity index (χ0v) is 16.1. The molecule has 2 aromatic rings. The van der Waals surface area contributed by atoms with E-state index in [2.05, 4.69) is 11.9 Å². The fourth-order valence-corrected chi connectivity index (χ4v) is 3.29. The Labute approximate surface area is 160 Å². The molecule has 1 amide bonds. The number of nitrogens with one attached hydrogen (secondary N) is 1. The van der Waals surface area contributed by atoms with Crippen molar-refractivity contribution in [1.29, 1.82) is 0 Å². The summed E-state index contributed by atoms with van der Waals surface area (Å²) >= 11 is 0. The van der Waals surface area contributed by atoms with Gasteiger partial charge in [-0.05, 0) is 43.7 Å². The SMILES string of the molecule is C=C(C)COc1cccc(C2(C)Nc3ccccc3C(=O)N2CCOC)c1. The van der Waals surface area contributed by atoms with Crippen molar-refractivity contribution in [3.05, 3.63) is 71.8 Å². The van der Waals surface area contributed by atoms with Crippen molar-refractivity contribution in [2.45, 2.75) is 19.5 Å². The Bertz CT molecular complexity index is 849. The number of rotatable bonds is 7. The standard InChI is InChI=1S/C22H26N2O3/c1-16(2)15-27-18-9-7-8-17(14-18)22(3)23-20-11-6-5-10-19(20)21(25)24(22)12-13-26-4/h5-11,14,23H,1,12-13,15H2,2-4H3. The zero-order chi connectivity index (χ0) is 19.4. The first kappa shape index (κ1) is 19.0. The molecule has 5 nitrogen and oxygen atoms in total. The first-order chi connectivity index (χ1) is 13.0. The lowest BCUT2D eigenvalue weighted by Gasteiger charge is -2.46. The number of carbonyl (C=O) groups is 1. The molecule has 142 valence electrons. The Morgan fingerprint density at radius 2 is 2.00 bits per heavy atom. The van der Waals surface area contributed by atoms with Gasteiger partial charge < -0.3 is 19.7 Å². The van der Waals surface area contributed by atoms with Crippen LogP contribution in [0.5, 0.6) is 5.75 Å². The van der Waals surface area contributed by atoms with Gasteiger partial charge in [0.05, 0.1) is 12.2 Å². The van der Waals surface area contributed by atoms with E-state index in [-0.39, 0.29) is 5.91 Å². The first-order valence-corrected chi connectivity index (χ1v) is 9.01. The second-order valence-electron chi connectivity index (χ2n) is 6.97. The molecule has 1 atom stereocenters. The van der Waals surface area contributed by atoms with E-state index in [0.717, 1.165) is 22.6 Å². The van der Waals surface area contributed by atoms with Gasteiger partial charge in [0.25, 0.3) is 5.91 Å². The summed E-state index contributed by atoms with van der Waals surface area (Å²) in [5.74, 6) is 0.730. The van der Waals surface area contributed by atoms with Crippen LogP contribution < -0.4 is 10.1 Å². The summed E-state index contributed by atoms with van der Waals surface area (Å²) in [6.07, 6.45) is 0. The fourth-order valence-electron chi connectivity index (χ4n) is 3.29. The van der Waals surface area contributed by atoms with Gasteiger partial charge in [-0.25, -0.2) is 0 Å². The molecule has 3 rings (SSSR count). The average Bonchev–Trinajstić information content (AvgIpc) is 2.66. The summed E-state index contributed by atoms with van der Waals surface area (Å²) in [6, 6.07) is 15.4. The predicted molar refractivity (Wildman–Crippen MR) is 107 cm³/mol. The molecule has 2 aromatic carbocycles. The topological polar surface area (TPSA) is 50.8 Å². The van der Waals surface area contributed by atoms with E-state index in [9.17, 15) is 4.79 Å². The van der Waals surface area contributed by atoms with Gasteiger partial charge in [0.15, 0.2) is 0 Å². The number of anilines is 1. The van der Waals surface area contributed by atoms with E-state index in [1.54, 1.807) is 7.11 Å². The van der Waals surface area contributed by atoms with Gasteiger partial charge in [0.2, 0.25) is 0 Å². The van der Waals surface area contributed by atoms with Crippen molar-refractivity contribution >= 4 is 11.6 Å². The van der Waals surface area contributed by atoms with Crippen LogP contribution in [-0.2, 0) is 10.4 Å². The maximum atomic E-state index is 13.2. The Hall–Kier alpha value is -2.79. The fraction of sp³-hybridized carbons (Fsp3) is 0.318. The van der Waals surface area contributed by atoms with E-state index < -0.39 is 5.66 Å².